The Hall–Kier alpha value is -3.13. The monoisotopic (exact) mass is 384 g/mol. The predicted octanol–water partition coefficient (Wildman–Crippen LogP) is 2.52. The molecule has 2 amide bonds. The van der Waals surface area contributed by atoms with Crippen LogP contribution in [0.4, 0.5) is 10.5 Å². The lowest BCUT2D eigenvalue weighted by molar-refractivity contribution is 0.251. The summed E-state index contributed by atoms with van der Waals surface area (Å²) >= 11 is 0. The van der Waals surface area contributed by atoms with Crippen LogP contribution in [-0.2, 0) is 16.4 Å². The normalized spacial score (nSPS) is 13.8. The maximum Gasteiger partial charge on any atom is 0.319 e. The van der Waals surface area contributed by atoms with Gasteiger partial charge in [-0.15, -0.1) is 0 Å². The number of hydrogen-bond acceptors (Lipinski definition) is 5. The number of rotatable bonds is 5. The third kappa shape index (κ3) is 4.73. The van der Waals surface area contributed by atoms with Crippen molar-refractivity contribution in [1.82, 2.24) is 15.2 Å². The third-order valence-corrected chi connectivity index (χ3v) is 5.69. The van der Waals surface area contributed by atoms with Gasteiger partial charge >= 0.3 is 6.03 Å². The van der Waals surface area contributed by atoms with Crippen LogP contribution < -0.4 is 10.6 Å². The average Bonchev–Trinajstić information content (AvgIpc) is 2.68. The molecule has 0 bridgehead atoms. The predicted molar refractivity (Wildman–Crippen MR) is 104 cm³/mol. The van der Waals surface area contributed by atoms with E-state index in [1.807, 2.05) is 13.1 Å². The second-order valence-electron chi connectivity index (χ2n) is 6.07. The number of allylic oxidation sites excluding steroid dienone is 1. The van der Waals surface area contributed by atoms with Gasteiger partial charge in [0.05, 0.1) is 9.80 Å². The number of urea groups is 1. The molecule has 2 heterocycles. The molecule has 0 saturated heterocycles. The van der Waals surface area contributed by atoms with Crippen molar-refractivity contribution in [2.24, 2.45) is 0 Å². The lowest BCUT2D eigenvalue weighted by Crippen LogP contribution is -2.28. The molecule has 27 heavy (non-hydrogen) atoms. The minimum Gasteiger partial charge on any atom is -0.376 e. The molecule has 0 spiro atoms. The van der Waals surface area contributed by atoms with Gasteiger partial charge in [0.2, 0.25) is 9.84 Å². The summed E-state index contributed by atoms with van der Waals surface area (Å²) in [6.45, 7) is 1.02. The second-order valence-corrected chi connectivity index (χ2v) is 8.02. The maximum atomic E-state index is 12.7. The quantitative estimate of drug-likeness (QED) is 0.827. The van der Waals surface area contributed by atoms with Crippen molar-refractivity contribution in [2.45, 2.75) is 11.4 Å². The fourth-order valence-corrected chi connectivity index (χ4v) is 3.88. The number of carbonyl (C=O) groups is 1. The van der Waals surface area contributed by atoms with Crippen molar-refractivity contribution in [1.29, 1.82) is 0 Å². The number of sulfone groups is 1. The molecular weight excluding hydrogens is 364 g/mol. The molecule has 0 radical (unpaired) electrons. The molecular formula is C19H20N4O3S. The van der Waals surface area contributed by atoms with Crippen LogP contribution in [0.3, 0.4) is 0 Å². The molecule has 0 saturated carbocycles. The molecule has 1 aliphatic heterocycles. The number of anilines is 1. The minimum absolute atomic E-state index is 0.176. The van der Waals surface area contributed by atoms with Crippen LogP contribution >= 0.6 is 0 Å². The molecule has 0 fully saturated rings. The number of pyridine rings is 1. The van der Waals surface area contributed by atoms with Crippen LogP contribution in [0, 0.1) is 0 Å². The van der Waals surface area contributed by atoms with Gasteiger partial charge in [0.25, 0.3) is 0 Å². The molecule has 140 valence electrons. The van der Waals surface area contributed by atoms with Crippen molar-refractivity contribution >= 4 is 21.6 Å². The standard InChI is InChI=1S/C19H20N4O3S/c1-23-11-3-5-18(14-23)27(25,26)17-8-6-16(7-9-17)22-19(24)21-13-15-4-2-10-20-12-15/h2-10,12,14H,11,13H2,1H3,(H2,21,22,24). The molecule has 0 atom stereocenters. The number of carbonyl (C=O) groups excluding carboxylic acids is 1. The summed E-state index contributed by atoms with van der Waals surface area (Å²) in [6, 6.07) is 9.36. The molecule has 0 unspecified atom stereocenters. The van der Waals surface area contributed by atoms with Crippen LogP contribution in [0.25, 0.3) is 0 Å². The highest BCUT2D eigenvalue weighted by molar-refractivity contribution is 7.95. The van der Waals surface area contributed by atoms with Gasteiger partial charge < -0.3 is 15.5 Å². The van der Waals surface area contributed by atoms with Gasteiger partial charge in [0.1, 0.15) is 0 Å². The van der Waals surface area contributed by atoms with Crippen molar-refractivity contribution in [3.05, 3.63) is 77.6 Å². The van der Waals surface area contributed by atoms with Gasteiger partial charge in [-0.2, -0.15) is 0 Å². The topological polar surface area (TPSA) is 91.4 Å². The van der Waals surface area contributed by atoms with E-state index < -0.39 is 9.84 Å². The van der Waals surface area contributed by atoms with Gasteiger partial charge in [0, 0.05) is 44.4 Å². The fraction of sp³-hybridized carbons (Fsp3) is 0.158. The summed E-state index contributed by atoms with van der Waals surface area (Å²) in [6.07, 6.45) is 8.35. The number of benzene rings is 1. The van der Waals surface area contributed by atoms with Gasteiger partial charge in [-0.3, -0.25) is 4.98 Å². The Bertz CT molecular complexity index is 968. The summed E-state index contributed by atoms with van der Waals surface area (Å²) < 4.78 is 25.3. The lowest BCUT2D eigenvalue weighted by Gasteiger charge is -2.18. The molecule has 8 heteroatoms. The van der Waals surface area contributed by atoms with Crippen LogP contribution in [0.5, 0.6) is 0 Å². The Balaban J connectivity index is 1.63. The molecule has 1 aliphatic rings. The highest BCUT2D eigenvalue weighted by Gasteiger charge is 2.20. The van der Waals surface area contributed by atoms with E-state index in [0.717, 1.165) is 5.56 Å². The van der Waals surface area contributed by atoms with E-state index in [1.54, 1.807) is 53.8 Å². The van der Waals surface area contributed by atoms with E-state index in [4.69, 9.17) is 0 Å². The Morgan fingerprint density at radius 1 is 1.22 bits per heavy atom. The SMILES string of the molecule is CN1C=C(S(=O)(=O)c2ccc(NC(=O)NCc3cccnc3)cc2)C=CC1. The van der Waals surface area contributed by atoms with E-state index >= 15 is 0 Å². The van der Waals surface area contributed by atoms with Gasteiger partial charge in [-0.1, -0.05) is 12.1 Å². The summed E-state index contributed by atoms with van der Waals surface area (Å²) in [7, 11) is -1.77. The first kappa shape index (κ1) is 18.7. The summed E-state index contributed by atoms with van der Waals surface area (Å²) in [5, 5.41) is 5.39. The van der Waals surface area contributed by atoms with Crippen LogP contribution in [0.2, 0.25) is 0 Å². The van der Waals surface area contributed by atoms with Crippen molar-refractivity contribution in [3.8, 4) is 0 Å². The molecule has 3 rings (SSSR count). The van der Waals surface area contributed by atoms with E-state index in [9.17, 15) is 13.2 Å². The third-order valence-electron chi connectivity index (χ3n) is 3.93. The number of aromatic nitrogens is 1. The molecule has 0 aliphatic carbocycles. The Morgan fingerprint density at radius 2 is 2.00 bits per heavy atom. The smallest absolute Gasteiger partial charge is 0.319 e. The van der Waals surface area contributed by atoms with Crippen molar-refractivity contribution in [2.75, 3.05) is 18.9 Å². The number of likely N-dealkylation sites (N-methyl/N-ethyl adjacent to an activating group) is 1. The van der Waals surface area contributed by atoms with Crippen LogP contribution in [-0.4, -0.2) is 37.9 Å². The summed E-state index contributed by atoms with van der Waals surface area (Å²) in [4.78, 5) is 18.2. The number of amides is 2. The van der Waals surface area contributed by atoms with Crippen LogP contribution in [0.15, 0.2) is 76.9 Å². The summed E-state index contributed by atoms with van der Waals surface area (Å²) in [5.74, 6) is 0. The Labute approximate surface area is 158 Å². The van der Waals surface area contributed by atoms with Gasteiger partial charge in [-0.05, 0) is 42.0 Å². The van der Waals surface area contributed by atoms with Gasteiger partial charge in [-0.25, -0.2) is 13.2 Å². The van der Waals surface area contributed by atoms with Crippen molar-refractivity contribution < 1.29 is 13.2 Å². The zero-order valence-electron chi connectivity index (χ0n) is 14.8. The van der Waals surface area contributed by atoms with Gasteiger partial charge in [0.15, 0.2) is 0 Å². The molecule has 1 aromatic carbocycles. The highest BCUT2D eigenvalue weighted by atomic mass is 32.2. The lowest BCUT2D eigenvalue weighted by atomic mass is 10.3. The Morgan fingerprint density at radius 3 is 2.67 bits per heavy atom. The van der Waals surface area contributed by atoms with E-state index in [1.165, 1.54) is 12.1 Å². The van der Waals surface area contributed by atoms with E-state index in [-0.39, 0.29) is 15.8 Å². The fourth-order valence-electron chi connectivity index (χ4n) is 2.52. The second kappa shape index (κ2) is 8.05. The first-order valence-electron chi connectivity index (χ1n) is 8.33. The Kier molecular flexibility index (Phi) is 5.56. The first-order chi connectivity index (χ1) is 12.9. The molecule has 7 nitrogen and oxygen atoms in total. The number of hydrogen-bond donors (Lipinski definition) is 2. The molecule has 2 aromatic rings. The minimum atomic E-state index is -3.59. The maximum absolute atomic E-state index is 12.7. The average molecular weight is 384 g/mol. The van der Waals surface area contributed by atoms with E-state index in [2.05, 4.69) is 15.6 Å². The largest absolute Gasteiger partial charge is 0.376 e. The highest BCUT2D eigenvalue weighted by Crippen LogP contribution is 2.23. The van der Waals surface area contributed by atoms with Crippen molar-refractivity contribution in [3.63, 3.8) is 0 Å². The van der Waals surface area contributed by atoms with Crippen LogP contribution in [0.1, 0.15) is 5.56 Å². The summed E-state index contributed by atoms with van der Waals surface area (Å²) in [5.41, 5.74) is 1.38. The first-order valence-corrected chi connectivity index (χ1v) is 9.81. The van der Waals surface area contributed by atoms with E-state index in [0.29, 0.717) is 18.8 Å². The number of nitrogens with one attached hydrogen (secondary N) is 2. The molecule has 2 N–H and O–H groups in total. The zero-order valence-corrected chi connectivity index (χ0v) is 15.6. The number of nitrogens with zero attached hydrogens (tertiary/aromatic N) is 2. The molecule has 1 aromatic heterocycles. The zero-order chi connectivity index (χ0) is 19.3.